The quantitative estimate of drug-likeness (QED) is 0.248. The molecule has 1 fully saturated rings. The molecular weight excluding hydrogens is 506 g/mol. The van der Waals surface area contributed by atoms with Crippen LogP contribution in [0.2, 0.25) is 5.02 Å². The number of piperidine rings is 1. The third kappa shape index (κ3) is 5.13. The Kier molecular flexibility index (Phi) is 7.17. The van der Waals surface area contributed by atoms with Crippen molar-refractivity contribution in [3.05, 3.63) is 70.5 Å². The number of hydrogen-bond donors (Lipinski definition) is 5. The van der Waals surface area contributed by atoms with Crippen molar-refractivity contribution in [1.29, 1.82) is 0 Å². The highest BCUT2D eigenvalue weighted by molar-refractivity contribution is 6.33. The number of benzene rings is 2. The van der Waals surface area contributed by atoms with Gasteiger partial charge in [-0.25, -0.2) is 4.98 Å². The van der Waals surface area contributed by atoms with Crippen LogP contribution in [0.5, 0.6) is 0 Å². The topological polar surface area (TPSA) is 135 Å². The van der Waals surface area contributed by atoms with Gasteiger partial charge in [0.15, 0.2) is 5.82 Å². The molecule has 1 aliphatic heterocycles. The van der Waals surface area contributed by atoms with E-state index in [1.807, 2.05) is 31.2 Å². The van der Waals surface area contributed by atoms with Gasteiger partial charge < -0.3 is 30.9 Å². The number of rotatable bonds is 6. The lowest BCUT2D eigenvalue weighted by Gasteiger charge is -2.29. The second kappa shape index (κ2) is 10.7. The molecule has 0 unspecified atom stereocenters. The molecule has 0 bridgehead atoms. The number of hydrogen-bond acceptors (Lipinski definition) is 7. The molecule has 0 aliphatic carbocycles. The molecule has 0 atom stereocenters. The predicted octanol–water partition coefficient (Wildman–Crippen LogP) is 4.36. The fourth-order valence-corrected chi connectivity index (χ4v) is 4.75. The molecule has 1 saturated heterocycles. The molecule has 1 aliphatic rings. The number of aromatic amines is 1. The average Bonchev–Trinajstić information content (AvgIpc) is 3.25. The predicted molar refractivity (Wildman–Crippen MR) is 148 cm³/mol. The van der Waals surface area contributed by atoms with E-state index in [1.54, 1.807) is 30.1 Å². The number of fused-ring (bicyclic) bond motifs is 1. The normalized spacial score (nSPS) is 13.9. The maximum atomic E-state index is 13.2. The third-order valence-corrected chi connectivity index (χ3v) is 6.88. The van der Waals surface area contributed by atoms with Crippen LogP contribution in [0.25, 0.3) is 10.9 Å². The summed E-state index contributed by atoms with van der Waals surface area (Å²) in [7, 11) is 1.57. The number of nitrogens with zero attached hydrogens (tertiary/aromatic N) is 3. The lowest BCUT2D eigenvalue weighted by molar-refractivity contribution is 0.0547. The summed E-state index contributed by atoms with van der Waals surface area (Å²) >= 11 is 6.34. The Labute approximate surface area is 224 Å². The standard InChI is InChI=1S/C27H28ClN7O3/c1-15-23(26(38)35-11-9-17(36)10-12-35)18-8-7-16(13-22(18)31-15)32-27-30-14-20(28)24(34-27)33-21-6-4-3-5-19(21)25(37)29-2/h3-8,13-14,17,31,36H,9-12H2,1-2H3,(H,29,37)(H2,30,32,33,34). The molecule has 0 spiro atoms. The Balaban J connectivity index is 1.38. The Bertz CT molecular complexity index is 1510. The summed E-state index contributed by atoms with van der Waals surface area (Å²) < 4.78 is 0. The summed E-state index contributed by atoms with van der Waals surface area (Å²) in [6, 6.07) is 12.7. The van der Waals surface area contributed by atoms with Gasteiger partial charge in [-0.3, -0.25) is 9.59 Å². The minimum Gasteiger partial charge on any atom is -0.393 e. The molecule has 2 aromatic carbocycles. The van der Waals surface area contributed by atoms with E-state index < -0.39 is 0 Å². The molecule has 5 N–H and O–H groups in total. The first-order valence-corrected chi connectivity index (χ1v) is 12.7. The Morgan fingerprint density at radius 1 is 1.13 bits per heavy atom. The summed E-state index contributed by atoms with van der Waals surface area (Å²) in [4.78, 5) is 39.3. The number of carbonyl (C=O) groups is 2. The fraction of sp³-hybridized carbons (Fsp3) is 0.259. The molecule has 2 aromatic heterocycles. The van der Waals surface area contributed by atoms with Crippen molar-refractivity contribution in [2.24, 2.45) is 0 Å². The lowest BCUT2D eigenvalue weighted by Crippen LogP contribution is -2.40. The zero-order valence-corrected chi connectivity index (χ0v) is 21.8. The van der Waals surface area contributed by atoms with Crippen LogP contribution in [0, 0.1) is 6.92 Å². The number of carbonyl (C=O) groups excluding carboxylic acids is 2. The van der Waals surface area contributed by atoms with E-state index in [-0.39, 0.29) is 17.9 Å². The second-order valence-electron chi connectivity index (χ2n) is 9.17. The van der Waals surface area contributed by atoms with Gasteiger partial charge in [-0.15, -0.1) is 0 Å². The number of amides is 2. The zero-order chi connectivity index (χ0) is 26.8. The van der Waals surface area contributed by atoms with Crippen LogP contribution in [0.4, 0.5) is 23.1 Å². The van der Waals surface area contributed by atoms with Crippen molar-refractivity contribution in [1.82, 2.24) is 25.2 Å². The molecule has 11 heteroatoms. The average molecular weight is 534 g/mol. The second-order valence-corrected chi connectivity index (χ2v) is 9.58. The molecule has 38 heavy (non-hydrogen) atoms. The van der Waals surface area contributed by atoms with E-state index in [2.05, 4.69) is 30.9 Å². The van der Waals surface area contributed by atoms with Gasteiger partial charge in [-0.2, -0.15) is 4.98 Å². The van der Waals surface area contributed by atoms with Crippen LogP contribution in [-0.4, -0.2) is 63.0 Å². The molecule has 10 nitrogen and oxygen atoms in total. The molecule has 3 heterocycles. The van der Waals surface area contributed by atoms with Crippen molar-refractivity contribution in [3.8, 4) is 0 Å². The number of likely N-dealkylation sites (tertiary alicyclic amines) is 1. The van der Waals surface area contributed by atoms with Gasteiger partial charge in [0.25, 0.3) is 11.8 Å². The summed E-state index contributed by atoms with van der Waals surface area (Å²) in [5.74, 6) is 0.383. The number of aromatic nitrogens is 3. The smallest absolute Gasteiger partial charge is 0.256 e. The van der Waals surface area contributed by atoms with Gasteiger partial charge in [-0.1, -0.05) is 23.7 Å². The SMILES string of the molecule is CNC(=O)c1ccccc1Nc1nc(Nc2ccc3c(C(=O)N4CCC(O)CC4)c(C)[nH]c3c2)ncc1Cl. The van der Waals surface area contributed by atoms with Gasteiger partial charge in [0.2, 0.25) is 5.95 Å². The Morgan fingerprint density at radius 2 is 1.89 bits per heavy atom. The van der Waals surface area contributed by atoms with Crippen LogP contribution < -0.4 is 16.0 Å². The van der Waals surface area contributed by atoms with Gasteiger partial charge in [0.1, 0.15) is 5.02 Å². The first kappa shape index (κ1) is 25.5. The Morgan fingerprint density at radius 3 is 2.66 bits per heavy atom. The Hall–Kier alpha value is -4.15. The van der Waals surface area contributed by atoms with Gasteiger partial charge >= 0.3 is 0 Å². The maximum absolute atomic E-state index is 13.2. The highest BCUT2D eigenvalue weighted by Crippen LogP contribution is 2.30. The largest absolute Gasteiger partial charge is 0.393 e. The number of H-pyrrole nitrogens is 1. The highest BCUT2D eigenvalue weighted by atomic mass is 35.5. The van der Waals surface area contributed by atoms with E-state index in [0.29, 0.717) is 59.5 Å². The van der Waals surface area contributed by atoms with E-state index >= 15 is 0 Å². The zero-order valence-electron chi connectivity index (χ0n) is 21.0. The van der Waals surface area contributed by atoms with Crippen molar-refractivity contribution >= 4 is 57.5 Å². The van der Waals surface area contributed by atoms with Gasteiger partial charge in [0, 0.05) is 42.4 Å². The number of aryl methyl sites for hydroxylation is 1. The third-order valence-electron chi connectivity index (χ3n) is 6.60. The first-order chi connectivity index (χ1) is 18.3. The molecule has 2 amide bonds. The summed E-state index contributed by atoms with van der Waals surface area (Å²) in [6.45, 7) is 2.98. The minimum atomic E-state index is -0.340. The molecular formula is C27H28ClN7O3. The number of anilines is 4. The molecule has 0 saturated carbocycles. The number of aliphatic hydroxyl groups excluding tert-OH is 1. The molecule has 196 valence electrons. The number of aliphatic hydroxyl groups is 1. The molecule has 0 radical (unpaired) electrons. The van der Waals surface area contributed by atoms with E-state index in [9.17, 15) is 14.7 Å². The van der Waals surface area contributed by atoms with E-state index in [0.717, 1.165) is 22.3 Å². The van der Waals surface area contributed by atoms with E-state index in [4.69, 9.17) is 11.6 Å². The summed E-state index contributed by atoms with van der Waals surface area (Å²) in [5.41, 5.74) is 3.97. The van der Waals surface area contributed by atoms with Crippen LogP contribution in [0.15, 0.2) is 48.7 Å². The number of nitrogens with one attached hydrogen (secondary N) is 4. The van der Waals surface area contributed by atoms with Crippen molar-refractivity contribution in [2.45, 2.75) is 25.9 Å². The van der Waals surface area contributed by atoms with Gasteiger partial charge in [-0.05, 0) is 50.1 Å². The summed E-state index contributed by atoms with van der Waals surface area (Å²) in [6.07, 6.45) is 2.33. The number of halogens is 1. The first-order valence-electron chi connectivity index (χ1n) is 12.3. The van der Waals surface area contributed by atoms with Crippen LogP contribution in [0.1, 0.15) is 39.3 Å². The van der Waals surface area contributed by atoms with Crippen molar-refractivity contribution in [3.63, 3.8) is 0 Å². The van der Waals surface area contributed by atoms with E-state index in [1.165, 1.54) is 6.20 Å². The van der Waals surface area contributed by atoms with Crippen LogP contribution in [0.3, 0.4) is 0 Å². The van der Waals surface area contributed by atoms with Crippen LogP contribution >= 0.6 is 11.6 Å². The number of para-hydroxylation sites is 1. The van der Waals surface area contributed by atoms with Gasteiger partial charge in [0.05, 0.1) is 29.1 Å². The summed E-state index contributed by atoms with van der Waals surface area (Å²) in [5, 5.41) is 19.8. The maximum Gasteiger partial charge on any atom is 0.256 e. The van der Waals surface area contributed by atoms with Crippen molar-refractivity contribution in [2.75, 3.05) is 30.8 Å². The minimum absolute atomic E-state index is 0.0323. The monoisotopic (exact) mass is 533 g/mol. The molecule has 4 aromatic rings. The lowest BCUT2D eigenvalue weighted by atomic mass is 10.0. The molecule has 5 rings (SSSR count). The van der Waals surface area contributed by atoms with Crippen LogP contribution in [-0.2, 0) is 0 Å². The van der Waals surface area contributed by atoms with Crippen molar-refractivity contribution < 1.29 is 14.7 Å². The highest BCUT2D eigenvalue weighted by Gasteiger charge is 2.26. The fourth-order valence-electron chi connectivity index (χ4n) is 4.61.